The van der Waals surface area contributed by atoms with Gasteiger partial charge in [0, 0.05) is 10.7 Å². The van der Waals surface area contributed by atoms with E-state index in [1.807, 2.05) is 38.1 Å². The minimum absolute atomic E-state index is 0.126. The third kappa shape index (κ3) is 4.73. The van der Waals surface area contributed by atoms with Crippen molar-refractivity contribution in [3.8, 4) is 0 Å². The SMILES string of the molecule is CCC(O)COC12c3ccccc3C(OCC(O)CC)(c3ccccc31)C(C(=O)Nc1ccc(Cl)cc1)C2C(=O)O. The number of aliphatic hydroxyl groups excluding tert-OH is 2. The smallest absolute Gasteiger partial charge is 0.311 e. The maximum absolute atomic E-state index is 14.4. The van der Waals surface area contributed by atoms with Crippen molar-refractivity contribution in [2.45, 2.75) is 50.1 Å². The van der Waals surface area contributed by atoms with Gasteiger partial charge in [0.25, 0.3) is 0 Å². The number of carbonyl (C=O) groups excluding carboxylic acids is 1. The summed E-state index contributed by atoms with van der Waals surface area (Å²) in [7, 11) is 0. The van der Waals surface area contributed by atoms with E-state index in [-0.39, 0.29) is 13.2 Å². The number of fused-ring (bicyclic) bond motifs is 1. The van der Waals surface area contributed by atoms with Crippen molar-refractivity contribution in [3.05, 3.63) is 100 Å². The van der Waals surface area contributed by atoms with E-state index in [0.29, 0.717) is 45.8 Å². The van der Waals surface area contributed by atoms with Crippen LogP contribution in [-0.4, -0.2) is 52.6 Å². The molecule has 0 radical (unpaired) electrons. The molecule has 3 aliphatic carbocycles. The molecule has 0 aliphatic heterocycles. The van der Waals surface area contributed by atoms with Crippen LogP contribution in [0.3, 0.4) is 0 Å². The average molecular weight is 580 g/mol. The van der Waals surface area contributed by atoms with Crippen LogP contribution < -0.4 is 5.32 Å². The van der Waals surface area contributed by atoms with Crippen molar-refractivity contribution >= 4 is 29.2 Å². The van der Waals surface area contributed by atoms with Gasteiger partial charge >= 0.3 is 5.97 Å². The van der Waals surface area contributed by atoms with Gasteiger partial charge in [-0.25, -0.2) is 0 Å². The molecule has 3 aromatic carbocycles. The highest BCUT2D eigenvalue weighted by Gasteiger charge is 2.71. The zero-order chi connectivity index (χ0) is 29.4. The quantitative estimate of drug-likeness (QED) is 0.260. The lowest BCUT2D eigenvalue weighted by Gasteiger charge is -2.60. The van der Waals surface area contributed by atoms with Gasteiger partial charge in [-0.15, -0.1) is 0 Å². The molecule has 0 heterocycles. The van der Waals surface area contributed by atoms with Crippen molar-refractivity contribution in [1.82, 2.24) is 0 Å². The second kappa shape index (κ2) is 11.5. The lowest BCUT2D eigenvalue weighted by Crippen LogP contribution is -2.67. The molecule has 2 bridgehead atoms. The molecule has 4 unspecified atom stereocenters. The Balaban J connectivity index is 1.80. The van der Waals surface area contributed by atoms with Gasteiger partial charge in [0.15, 0.2) is 0 Å². The van der Waals surface area contributed by atoms with Crippen LogP contribution in [0, 0.1) is 11.8 Å². The number of benzene rings is 3. The van der Waals surface area contributed by atoms with Crippen LogP contribution in [0.2, 0.25) is 5.02 Å². The fourth-order valence-corrected chi connectivity index (χ4v) is 6.40. The van der Waals surface area contributed by atoms with Crippen molar-refractivity contribution in [1.29, 1.82) is 0 Å². The van der Waals surface area contributed by atoms with Gasteiger partial charge in [-0.05, 0) is 59.4 Å². The van der Waals surface area contributed by atoms with E-state index in [4.69, 9.17) is 21.1 Å². The number of aliphatic hydroxyl groups is 2. The Morgan fingerprint density at radius 3 is 1.59 bits per heavy atom. The van der Waals surface area contributed by atoms with E-state index in [9.17, 15) is 24.9 Å². The number of carbonyl (C=O) groups is 2. The highest BCUT2D eigenvalue weighted by Crippen LogP contribution is 2.65. The molecule has 0 aromatic heterocycles. The van der Waals surface area contributed by atoms with Crippen LogP contribution in [0.25, 0.3) is 0 Å². The Hall–Kier alpha value is -3.27. The first-order chi connectivity index (χ1) is 19.7. The molecule has 41 heavy (non-hydrogen) atoms. The maximum Gasteiger partial charge on any atom is 0.311 e. The van der Waals surface area contributed by atoms with Crippen molar-refractivity contribution < 1.29 is 34.4 Å². The molecule has 1 amide bonds. The second-order valence-corrected chi connectivity index (χ2v) is 11.0. The zero-order valence-corrected chi connectivity index (χ0v) is 23.7. The summed E-state index contributed by atoms with van der Waals surface area (Å²) in [6.45, 7) is 3.36. The van der Waals surface area contributed by atoms with E-state index < -0.39 is 47.1 Å². The summed E-state index contributed by atoms with van der Waals surface area (Å²) < 4.78 is 13.2. The van der Waals surface area contributed by atoms with Crippen LogP contribution in [0.1, 0.15) is 48.9 Å². The Morgan fingerprint density at radius 2 is 1.20 bits per heavy atom. The molecular formula is C32H34ClNO7. The molecule has 3 aromatic rings. The van der Waals surface area contributed by atoms with E-state index in [1.54, 1.807) is 48.5 Å². The third-order valence-electron chi connectivity index (χ3n) is 8.27. The number of hydrogen-bond donors (Lipinski definition) is 4. The topological polar surface area (TPSA) is 125 Å². The fraction of sp³-hybridized carbons (Fsp3) is 0.375. The van der Waals surface area contributed by atoms with Gasteiger partial charge in [-0.1, -0.05) is 74.0 Å². The lowest BCUT2D eigenvalue weighted by atomic mass is 9.49. The Kier molecular flexibility index (Phi) is 8.23. The maximum atomic E-state index is 14.4. The molecule has 0 saturated heterocycles. The molecule has 0 saturated carbocycles. The lowest BCUT2D eigenvalue weighted by molar-refractivity contribution is -0.204. The summed E-state index contributed by atoms with van der Waals surface area (Å²) in [6, 6.07) is 21.0. The molecule has 4 N–H and O–H groups in total. The van der Waals surface area contributed by atoms with Gasteiger partial charge in [-0.3, -0.25) is 9.59 Å². The van der Waals surface area contributed by atoms with Crippen molar-refractivity contribution in [3.63, 3.8) is 0 Å². The number of halogens is 1. The first-order valence-corrected chi connectivity index (χ1v) is 14.2. The summed E-state index contributed by atoms with van der Waals surface area (Å²) in [5, 5.41) is 35.4. The first-order valence-electron chi connectivity index (χ1n) is 13.8. The molecule has 0 spiro atoms. The second-order valence-electron chi connectivity index (χ2n) is 10.6. The molecule has 8 nitrogen and oxygen atoms in total. The van der Waals surface area contributed by atoms with Gasteiger partial charge in [-0.2, -0.15) is 0 Å². The minimum atomic E-state index is -1.61. The van der Waals surface area contributed by atoms with Crippen LogP contribution >= 0.6 is 11.6 Å². The van der Waals surface area contributed by atoms with Gasteiger partial charge in [0.1, 0.15) is 17.1 Å². The van der Waals surface area contributed by atoms with Crippen molar-refractivity contribution in [2.24, 2.45) is 11.8 Å². The van der Waals surface area contributed by atoms with E-state index in [2.05, 4.69) is 5.32 Å². The largest absolute Gasteiger partial charge is 0.481 e. The number of anilines is 1. The molecular weight excluding hydrogens is 546 g/mol. The predicted octanol–water partition coefficient (Wildman–Crippen LogP) is 4.68. The molecule has 216 valence electrons. The molecule has 3 aliphatic rings. The van der Waals surface area contributed by atoms with E-state index >= 15 is 0 Å². The van der Waals surface area contributed by atoms with Crippen LogP contribution in [0.5, 0.6) is 0 Å². The number of nitrogens with one attached hydrogen (secondary N) is 1. The Labute approximate surface area is 243 Å². The summed E-state index contributed by atoms with van der Waals surface area (Å²) in [5.41, 5.74) is -0.453. The monoisotopic (exact) mass is 579 g/mol. The highest BCUT2D eigenvalue weighted by molar-refractivity contribution is 6.30. The summed E-state index contributed by atoms with van der Waals surface area (Å²) >= 11 is 6.05. The molecule has 9 heteroatoms. The Bertz CT molecular complexity index is 1380. The van der Waals surface area contributed by atoms with Crippen LogP contribution in [-0.2, 0) is 30.3 Å². The van der Waals surface area contributed by atoms with Gasteiger partial charge in [0.05, 0.1) is 31.3 Å². The summed E-state index contributed by atoms with van der Waals surface area (Å²) in [6.07, 6.45) is -0.870. The summed E-state index contributed by atoms with van der Waals surface area (Å²) in [4.78, 5) is 27.8. The normalized spacial score (nSPS) is 25.6. The standard InChI is InChI=1S/C32H34ClNO7/c1-3-21(35)17-40-31-23-9-5-7-11-25(23)32(41-18-22(36)4-2,26-12-8-6-10-24(26)31)28(30(38)39)27(31)29(37)34-20-15-13-19(33)14-16-20/h5-16,21-22,27-28,35-36H,3-4,17-18H2,1-2H3,(H,34,37)(H,38,39). The van der Waals surface area contributed by atoms with Crippen molar-refractivity contribution in [2.75, 3.05) is 18.5 Å². The number of hydrogen-bond acceptors (Lipinski definition) is 6. The number of aliphatic carboxylic acids is 1. The first kappa shape index (κ1) is 29.2. The number of carboxylic acids is 1. The fourth-order valence-electron chi connectivity index (χ4n) is 6.28. The summed E-state index contributed by atoms with van der Waals surface area (Å²) in [5.74, 6) is -4.59. The molecule has 6 rings (SSSR count). The number of amides is 1. The molecule has 0 fully saturated rings. The minimum Gasteiger partial charge on any atom is -0.481 e. The van der Waals surface area contributed by atoms with E-state index in [1.165, 1.54) is 0 Å². The number of carboxylic acid groups (broad SMARTS) is 1. The Morgan fingerprint density at radius 1 is 0.780 bits per heavy atom. The van der Waals surface area contributed by atoms with Gasteiger partial charge < -0.3 is 30.1 Å². The number of ether oxygens (including phenoxy) is 2. The highest BCUT2D eigenvalue weighted by atomic mass is 35.5. The molecule has 4 atom stereocenters. The zero-order valence-electron chi connectivity index (χ0n) is 22.9. The predicted molar refractivity (Wildman–Crippen MR) is 154 cm³/mol. The van der Waals surface area contributed by atoms with Crippen LogP contribution in [0.15, 0.2) is 72.8 Å². The number of rotatable bonds is 11. The third-order valence-corrected chi connectivity index (χ3v) is 8.53. The van der Waals surface area contributed by atoms with Crippen LogP contribution in [0.4, 0.5) is 5.69 Å². The van der Waals surface area contributed by atoms with E-state index in [0.717, 1.165) is 0 Å². The van der Waals surface area contributed by atoms with Gasteiger partial charge in [0.2, 0.25) is 5.91 Å². The average Bonchev–Trinajstić information content (AvgIpc) is 2.99.